The van der Waals surface area contributed by atoms with Crippen LogP contribution in [0.2, 0.25) is 0 Å². The fourth-order valence-corrected chi connectivity index (χ4v) is 2.23. The number of furan rings is 1. The number of hydrogen-bond acceptors (Lipinski definition) is 2. The molecule has 0 aliphatic carbocycles. The smallest absolute Gasteiger partial charge is 0.317 e. The molecule has 0 aromatic carbocycles. The number of piperidine rings is 1. The van der Waals surface area contributed by atoms with E-state index in [4.69, 9.17) is 4.42 Å². The van der Waals surface area contributed by atoms with Crippen molar-refractivity contribution in [2.75, 3.05) is 19.6 Å². The lowest BCUT2D eigenvalue weighted by Gasteiger charge is -2.30. The molecule has 1 fully saturated rings. The number of rotatable bonds is 3. The fraction of sp³-hybridized carbons (Fsp3) is 0.615. The van der Waals surface area contributed by atoms with Crippen molar-refractivity contribution in [2.45, 2.75) is 26.2 Å². The Kier molecular flexibility index (Phi) is 4.07. The van der Waals surface area contributed by atoms with Crippen molar-refractivity contribution in [3.63, 3.8) is 0 Å². The Balaban J connectivity index is 1.70. The maximum atomic E-state index is 11.9. The van der Waals surface area contributed by atoms with Crippen LogP contribution < -0.4 is 5.32 Å². The molecule has 2 amide bonds. The zero-order valence-corrected chi connectivity index (χ0v) is 10.3. The Morgan fingerprint density at radius 2 is 2.53 bits per heavy atom. The predicted molar refractivity (Wildman–Crippen MR) is 65.8 cm³/mol. The Labute approximate surface area is 102 Å². The van der Waals surface area contributed by atoms with E-state index in [1.807, 2.05) is 17.0 Å². The number of hydrogen-bond donors (Lipinski definition) is 1. The molecule has 94 valence electrons. The minimum absolute atomic E-state index is 0.0584. The quantitative estimate of drug-likeness (QED) is 0.875. The van der Waals surface area contributed by atoms with E-state index in [9.17, 15) is 4.79 Å². The Hall–Kier alpha value is -1.45. The van der Waals surface area contributed by atoms with E-state index in [1.165, 1.54) is 6.42 Å². The molecule has 1 atom stereocenters. The van der Waals surface area contributed by atoms with Crippen LogP contribution in [0, 0.1) is 5.92 Å². The summed E-state index contributed by atoms with van der Waals surface area (Å²) < 4.78 is 5.21. The lowest BCUT2D eigenvalue weighted by Crippen LogP contribution is -2.45. The first-order valence-corrected chi connectivity index (χ1v) is 6.31. The van der Waals surface area contributed by atoms with Gasteiger partial charge in [0.2, 0.25) is 0 Å². The van der Waals surface area contributed by atoms with E-state index in [-0.39, 0.29) is 6.03 Å². The number of urea groups is 1. The van der Waals surface area contributed by atoms with Gasteiger partial charge in [-0.05, 0) is 30.9 Å². The minimum atomic E-state index is 0.0584. The van der Waals surface area contributed by atoms with Crippen LogP contribution in [0.15, 0.2) is 22.8 Å². The highest BCUT2D eigenvalue weighted by Gasteiger charge is 2.20. The second-order valence-corrected chi connectivity index (χ2v) is 4.75. The van der Waals surface area contributed by atoms with Crippen molar-refractivity contribution >= 4 is 6.03 Å². The summed E-state index contributed by atoms with van der Waals surface area (Å²) in [6, 6.07) is 3.85. The summed E-state index contributed by atoms with van der Waals surface area (Å²) in [6.07, 6.45) is 4.76. The van der Waals surface area contributed by atoms with Crippen molar-refractivity contribution in [3.8, 4) is 0 Å². The van der Waals surface area contributed by atoms with Crippen LogP contribution in [0.3, 0.4) is 0 Å². The first-order chi connectivity index (χ1) is 8.25. The van der Waals surface area contributed by atoms with Gasteiger partial charge in [0, 0.05) is 26.1 Å². The molecule has 1 aliphatic heterocycles. The van der Waals surface area contributed by atoms with Gasteiger partial charge in [0.1, 0.15) is 5.76 Å². The van der Waals surface area contributed by atoms with E-state index in [0.29, 0.717) is 12.5 Å². The summed E-state index contributed by atoms with van der Waals surface area (Å²) >= 11 is 0. The van der Waals surface area contributed by atoms with Crippen molar-refractivity contribution < 1.29 is 9.21 Å². The molecule has 1 unspecified atom stereocenters. The summed E-state index contributed by atoms with van der Waals surface area (Å²) in [6.45, 7) is 4.60. The van der Waals surface area contributed by atoms with Gasteiger partial charge in [0.15, 0.2) is 0 Å². The summed E-state index contributed by atoms with van der Waals surface area (Å²) in [5, 5.41) is 2.94. The lowest BCUT2D eigenvalue weighted by atomic mass is 10.0. The van der Waals surface area contributed by atoms with Gasteiger partial charge in [0.05, 0.1) is 6.26 Å². The molecule has 0 bridgehead atoms. The third kappa shape index (κ3) is 3.51. The molecular formula is C13H20N2O2. The second-order valence-electron chi connectivity index (χ2n) is 4.75. The predicted octanol–water partition coefficient (Wildman–Crippen LogP) is 2.26. The third-order valence-electron chi connectivity index (χ3n) is 3.17. The highest BCUT2D eigenvalue weighted by Crippen LogP contribution is 2.15. The average Bonchev–Trinajstić information content (AvgIpc) is 2.82. The van der Waals surface area contributed by atoms with E-state index < -0.39 is 0 Å². The Morgan fingerprint density at radius 3 is 3.24 bits per heavy atom. The van der Waals surface area contributed by atoms with Crippen LogP contribution in [0.5, 0.6) is 0 Å². The van der Waals surface area contributed by atoms with Crippen molar-refractivity contribution in [1.82, 2.24) is 10.2 Å². The van der Waals surface area contributed by atoms with E-state index in [2.05, 4.69) is 12.2 Å². The van der Waals surface area contributed by atoms with Crippen LogP contribution in [-0.2, 0) is 6.42 Å². The molecule has 2 heterocycles. The van der Waals surface area contributed by atoms with Gasteiger partial charge in [-0.15, -0.1) is 0 Å². The molecule has 17 heavy (non-hydrogen) atoms. The zero-order valence-electron chi connectivity index (χ0n) is 10.3. The Bertz CT molecular complexity index is 348. The normalized spacial score (nSPS) is 20.3. The second kappa shape index (κ2) is 5.75. The summed E-state index contributed by atoms with van der Waals surface area (Å²) in [5.74, 6) is 1.54. The molecule has 0 spiro atoms. The van der Waals surface area contributed by atoms with Crippen LogP contribution in [0.25, 0.3) is 0 Å². The molecule has 1 saturated heterocycles. The molecule has 1 aromatic rings. The van der Waals surface area contributed by atoms with Crippen molar-refractivity contribution in [2.24, 2.45) is 5.92 Å². The molecule has 1 aliphatic rings. The lowest BCUT2D eigenvalue weighted by molar-refractivity contribution is 0.170. The number of carbonyl (C=O) groups excluding carboxylic acids is 1. The number of carbonyl (C=O) groups is 1. The molecule has 4 nitrogen and oxygen atoms in total. The standard InChI is InChI=1S/C13H20N2O2/c1-11-4-2-8-15(10-11)13(16)14-7-6-12-5-3-9-17-12/h3,5,9,11H,2,4,6-8,10H2,1H3,(H,14,16). The van der Waals surface area contributed by atoms with Gasteiger partial charge in [-0.25, -0.2) is 4.79 Å². The topological polar surface area (TPSA) is 45.5 Å². The number of nitrogens with one attached hydrogen (secondary N) is 1. The van der Waals surface area contributed by atoms with Crippen LogP contribution >= 0.6 is 0 Å². The minimum Gasteiger partial charge on any atom is -0.469 e. The van der Waals surface area contributed by atoms with Gasteiger partial charge in [0.25, 0.3) is 0 Å². The summed E-state index contributed by atoms with van der Waals surface area (Å²) in [4.78, 5) is 13.8. The Morgan fingerprint density at radius 1 is 1.65 bits per heavy atom. The fourth-order valence-electron chi connectivity index (χ4n) is 2.23. The monoisotopic (exact) mass is 236 g/mol. The number of likely N-dealkylation sites (tertiary alicyclic amines) is 1. The summed E-state index contributed by atoms with van der Waals surface area (Å²) in [5.41, 5.74) is 0. The SMILES string of the molecule is CC1CCCN(C(=O)NCCc2ccco2)C1. The first kappa shape index (κ1) is 12.0. The van der Waals surface area contributed by atoms with Crippen molar-refractivity contribution in [3.05, 3.63) is 24.2 Å². The number of amides is 2. The largest absolute Gasteiger partial charge is 0.469 e. The molecule has 0 saturated carbocycles. The summed E-state index contributed by atoms with van der Waals surface area (Å²) in [7, 11) is 0. The molecule has 1 N–H and O–H groups in total. The van der Waals surface area contributed by atoms with Gasteiger partial charge in [-0.3, -0.25) is 0 Å². The molecule has 0 radical (unpaired) electrons. The molecule has 4 heteroatoms. The molecular weight excluding hydrogens is 216 g/mol. The third-order valence-corrected chi connectivity index (χ3v) is 3.17. The number of nitrogens with zero attached hydrogens (tertiary/aromatic N) is 1. The molecule has 2 rings (SSSR count). The van der Waals surface area contributed by atoms with Gasteiger partial charge in [-0.1, -0.05) is 6.92 Å². The first-order valence-electron chi connectivity index (χ1n) is 6.31. The van der Waals surface area contributed by atoms with Crippen LogP contribution in [-0.4, -0.2) is 30.6 Å². The van der Waals surface area contributed by atoms with Gasteiger partial charge < -0.3 is 14.6 Å². The highest BCUT2D eigenvalue weighted by atomic mass is 16.3. The van der Waals surface area contributed by atoms with Crippen LogP contribution in [0.4, 0.5) is 4.79 Å². The van der Waals surface area contributed by atoms with Gasteiger partial charge >= 0.3 is 6.03 Å². The highest BCUT2D eigenvalue weighted by molar-refractivity contribution is 5.74. The van der Waals surface area contributed by atoms with E-state index in [0.717, 1.165) is 31.7 Å². The van der Waals surface area contributed by atoms with E-state index in [1.54, 1.807) is 6.26 Å². The molecule has 1 aromatic heterocycles. The van der Waals surface area contributed by atoms with Crippen molar-refractivity contribution in [1.29, 1.82) is 0 Å². The maximum Gasteiger partial charge on any atom is 0.317 e. The van der Waals surface area contributed by atoms with Crippen LogP contribution in [0.1, 0.15) is 25.5 Å². The van der Waals surface area contributed by atoms with E-state index >= 15 is 0 Å². The maximum absolute atomic E-state index is 11.9. The average molecular weight is 236 g/mol. The van der Waals surface area contributed by atoms with Gasteiger partial charge in [-0.2, -0.15) is 0 Å². The zero-order chi connectivity index (χ0) is 12.1.